The molecule has 0 aliphatic carbocycles. The summed E-state index contributed by atoms with van der Waals surface area (Å²) in [5.41, 5.74) is 15.6. The molecule has 7 nitrogen and oxygen atoms in total. The van der Waals surface area contributed by atoms with E-state index in [9.17, 15) is 14.0 Å². The van der Waals surface area contributed by atoms with Gasteiger partial charge in [0.05, 0.1) is 12.2 Å². The summed E-state index contributed by atoms with van der Waals surface area (Å²) in [5, 5.41) is 2.76. The number of halogens is 1. The number of carbonyl (C=O) groups is 2. The SMILES string of the molecule is NCCCCC(N)C(=O)OCCCc1ccc2c(c1)CO/C2=C1/C(=O)Nc2ccc(F)cc21. The molecule has 0 bridgehead atoms. The lowest BCUT2D eigenvalue weighted by Crippen LogP contribution is -2.32. The zero-order valence-electron chi connectivity index (χ0n) is 18.4. The summed E-state index contributed by atoms with van der Waals surface area (Å²) in [4.78, 5) is 24.5. The van der Waals surface area contributed by atoms with E-state index in [2.05, 4.69) is 5.32 Å². The zero-order valence-corrected chi connectivity index (χ0v) is 18.4. The van der Waals surface area contributed by atoms with Crippen LogP contribution in [-0.2, 0) is 32.1 Å². The lowest BCUT2D eigenvalue weighted by Gasteiger charge is -2.11. The molecule has 1 amide bonds. The van der Waals surface area contributed by atoms with Crippen LogP contribution >= 0.6 is 0 Å². The van der Waals surface area contributed by atoms with E-state index in [0.29, 0.717) is 55.2 Å². The minimum absolute atomic E-state index is 0.300. The molecule has 174 valence electrons. The molecular formula is C25H28FN3O4. The highest BCUT2D eigenvalue weighted by molar-refractivity contribution is 6.36. The molecule has 0 spiro atoms. The predicted octanol–water partition coefficient (Wildman–Crippen LogP) is 3.11. The van der Waals surface area contributed by atoms with Crippen molar-refractivity contribution in [2.45, 2.75) is 44.8 Å². The van der Waals surface area contributed by atoms with Crippen molar-refractivity contribution in [3.05, 3.63) is 64.5 Å². The number of amides is 1. The Hall–Kier alpha value is -3.23. The summed E-state index contributed by atoms with van der Waals surface area (Å²) in [6.07, 6.45) is 3.63. The molecule has 0 aromatic heterocycles. The monoisotopic (exact) mass is 453 g/mol. The first kappa shape index (κ1) is 22.9. The number of rotatable bonds is 9. The number of fused-ring (bicyclic) bond motifs is 2. The van der Waals surface area contributed by atoms with Crippen molar-refractivity contribution in [1.82, 2.24) is 0 Å². The number of anilines is 1. The number of ether oxygens (including phenoxy) is 2. The van der Waals surface area contributed by atoms with Crippen molar-refractivity contribution < 1.29 is 23.5 Å². The van der Waals surface area contributed by atoms with Crippen LogP contribution in [0.3, 0.4) is 0 Å². The van der Waals surface area contributed by atoms with Gasteiger partial charge in [-0.3, -0.25) is 9.59 Å². The zero-order chi connectivity index (χ0) is 23.4. The Morgan fingerprint density at radius 2 is 2.00 bits per heavy atom. The van der Waals surface area contributed by atoms with Crippen molar-refractivity contribution in [3.8, 4) is 0 Å². The normalized spacial score (nSPS) is 17.2. The molecule has 2 heterocycles. The molecule has 0 fully saturated rings. The lowest BCUT2D eigenvalue weighted by molar-refractivity contribution is -0.145. The first-order chi connectivity index (χ1) is 16.0. The number of unbranched alkanes of at least 4 members (excludes halogenated alkanes) is 1. The summed E-state index contributed by atoms with van der Waals surface area (Å²) in [5.74, 6) is -0.618. The highest BCUT2D eigenvalue weighted by atomic mass is 19.1. The van der Waals surface area contributed by atoms with Crippen LogP contribution in [0.15, 0.2) is 36.4 Å². The average Bonchev–Trinajstić information content (AvgIpc) is 3.35. The molecule has 4 rings (SSSR count). The van der Waals surface area contributed by atoms with E-state index >= 15 is 0 Å². The Kier molecular flexibility index (Phi) is 7.05. The largest absolute Gasteiger partial charge is 0.487 e. The molecule has 0 saturated heterocycles. The van der Waals surface area contributed by atoms with Gasteiger partial charge < -0.3 is 26.3 Å². The maximum Gasteiger partial charge on any atom is 0.322 e. The number of aryl methyl sites for hydroxylation is 1. The van der Waals surface area contributed by atoms with E-state index in [1.165, 1.54) is 12.1 Å². The predicted molar refractivity (Wildman–Crippen MR) is 123 cm³/mol. The topological polar surface area (TPSA) is 117 Å². The number of hydrogen-bond donors (Lipinski definition) is 3. The maximum absolute atomic E-state index is 13.8. The van der Waals surface area contributed by atoms with Gasteiger partial charge >= 0.3 is 5.97 Å². The first-order valence-electron chi connectivity index (χ1n) is 11.2. The second kappa shape index (κ2) is 10.1. The first-order valence-corrected chi connectivity index (χ1v) is 11.2. The molecule has 2 aliphatic heterocycles. The fourth-order valence-electron chi connectivity index (χ4n) is 4.13. The van der Waals surface area contributed by atoms with Crippen LogP contribution in [-0.4, -0.2) is 31.1 Å². The van der Waals surface area contributed by atoms with E-state index in [4.69, 9.17) is 20.9 Å². The van der Waals surface area contributed by atoms with Gasteiger partial charge in [-0.05, 0) is 56.0 Å². The van der Waals surface area contributed by atoms with E-state index in [1.54, 1.807) is 6.07 Å². The number of benzene rings is 2. The Balaban J connectivity index is 1.37. The number of hydrogen-bond acceptors (Lipinski definition) is 6. The molecule has 33 heavy (non-hydrogen) atoms. The van der Waals surface area contributed by atoms with Crippen LogP contribution in [0.25, 0.3) is 11.3 Å². The van der Waals surface area contributed by atoms with Gasteiger partial charge in [0.1, 0.15) is 24.2 Å². The fraction of sp³-hybridized carbons (Fsp3) is 0.360. The van der Waals surface area contributed by atoms with Crippen LogP contribution in [0, 0.1) is 5.82 Å². The van der Waals surface area contributed by atoms with Crippen LogP contribution in [0.1, 0.15) is 47.9 Å². The number of nitrogens with one attached hydrogen (secondary N) is 1. The standard InChI is InChI=1S/C25H28FN3O4/c26-17-7-9-21-19(13-17)22(24(30)29-21)23-18-8-6-15(12-16(18)14-33-23)4-3-11-32-25(31)20(28)5-1-2-10-27/h6-9,12-13,20H,1-5,10-11,14,27-28H2,(H,29,30)/b23-22+. The van der Waals surface area contributed by atoms with Gasteiger partial charge in [0, 0.05) is 22.4 Å². The quantitative estimate of drug-likeness (QED) is 0.305. The Morgan fingerprint density at radius 1 is 1.15 bits per heavy atom. The number of esters is 1. The van der Waals surface area contributed by atoms with Gasteiger partial charge in [-0.2, -0.15) is 0 Å². The summed E-state index contributed by atoms with van der Waals surface area (Å²) in [6.45, 7) is 1.23. The van der Waals surface area contributed by atoms with Crippen LogP contribution in [0.5, 0.6) is 0 Å². The average molecular weight is 454 g/mol. The minimum atomic E-state index is -0.605. The van der Waals surface area contributed by atoms with Gasteiger partial charge in [-0.25, -0.2) is 4.39 Å². The van der Waals surface area contributed by atoms with Crippen molar-refractivity contribution in [3.63, 3.8) is 0 Å². The smallest absolute Gasteiger partial charge is 0.322 e. The van der Waals surface area contributed by atoms with Crippen molar-refractivity contribution in [2.24, 2.45) is 11.5 Å². The highest BCUT2D eigenvalue weighted by Gasteiger charge is 2.32. The van der Waals surface area contributed by atoms with Gasteiger partial charge in [-0.1, -0.05) is 24.6 Å². The summed E-state index contributed by atoms with van der Waals surface area (Å²) >= 11 is 0. The highest BCUT2D eigenvalue weighted by Crippen LogP contribution is 2.41. The Morgan fingerprint density at radius 3 is 2.82 bits per heavy atom. The van der Waals surface area contributed by atoms with Crippen molar-refractivity contribution >= 4 is 28.9 Å². The van der Waals surface area contributed by atoms with Gasteiger partial charge in [0.2, 0.25) is 0 Å². The molecule has 8 heteroatoms. The van der Waals surface area contributed by atoms with Gasteiger partial charge in [0.15, 0.2) is 0 Å². The van der Waals surface area contributed by atoms with E-state index in [0.717, 1.165) is 36.0 Å². The minimum Gasteiger partial charge on any atom is -0.487 e. The van der Waals surface area contributed by atoms with E-state index < -0.39 is 11.9 Å². The molecule has 2 aliphatic rings. The Labute approximate surface area is 191 Å². The third-order valence-electron chi connectivity index (χ3n) is 5.87. The number of carbonyl (C=O) groups excluding carboxylic acids is 2. The van der Waals surface area contributed by atoms with Crippen molar-refractivity contribution in [1.29, 1.82) is 0 Å². The number of nitrogens with two attached hydrogens (primary N) is 2. The van der Waals surface area contributed by atoms with Gasteiger partial charge in [-0.15, -0.1) is 0 Å². The van der Waals surface area contributed by atoms with Crippen molar-refractivity contribution in [2.75, 3.05) is 18.5 Å². The molecular weight excluding hydrogens is 425 g/mol. The Bertz CT molecular complexity index is 1100. The molecule has 2 aromatic carbocycles. The lowest BCUT2D eigenvalue weighted by atomic mass is 9.98. The van der Waals surface area contributed by atoms with Crippen LogP contribution in [0.2, 0.25) is 0 Å². The molecule has 0 saturated carbocycles. The molecule has 2 aromatic rings. The fourth-order valence-corrected chi connectivity index (χ4v) is 4.13. The van der Waals surface area contributed by atoms with E-state index in [-0.39, 0.29) is 11.9 Å². The summed E-state index contributed by atoms with van der Waals surface area (Å²) in [7, 11) is 0. The van der Waals surface area contributed by atoms with E-state index in [1.807, 2.05) is 18.2 Å². The third kappa shape index (κ3) is 5.07. The van der Waals surface area contributed by atoms with Crippen LogP contribution in [0.4, 0.5) is 10.1 Å². The van der Waals surface area contributed by atoms with Gasteiger partial charge in [0.25, 0.3) is 5.91 Å². The molecule has 0 radical (unpaired) electrons. The summed E-state index contributed by atoms with van der Waals surface area (Å²) in [6, 6.07) is 9.52. The second-order valence-electron chi connectivity index (χ2n) is 8.29. The maximum atomic E-state index is 13.8. The summed E-state index contributed by atoms with van der Waals surface area (Å²) < 4.78 is 24.9. The molecule has 1 unspecified atom stereocenters. The molecule has 5 N–H and O–H groups in total. The second-order valence-corrected chi connectivity index (χ2v) is 8.29. The third-order valence-corrected chi connectivity index (χ3v) is 5.87. The molecule has 1 atom stereocenters. The van der Waals surface area contributed by atoms with Crippen LogP contribution < -0.4 is 16.8 Å².